The molecule has 0 radical (unpaired) electrons. The minimum absolute atomic E-state index is 0.250. The van der Waals surface area contributed by atoms with E-state index >= 15 is 0 Å². The Morgan fingerprint density at radius 3 is 1.54 bits per heavy atom. The van der Waals surface area contributed by atoms with E-state index < -0.39 is 5.60 Å². The van der Waals surface area contributed by atoms with E-state index in [1.807, 2.05) is 27.7 Å². The van der Waals surface area contributed by atoms with Crippen molar-refractivity contribution < 1.29 is 5.11 Å². The molecule has 0 rings (SSSR count). The van der Waals surface area contributed by atoms with Crippen molar-refractivity contribution in [3.63, 3.8) is 0 Å². The molecule has 0 fully saturated rings. The SMILES string of the molecule is CC(C)(C)CNC(C)(C)C(C)(C)O. The van der Waals surface area contributed by atoms with Crippen LogP contribution in [-0.4, -0.2) is 22.8 Å². The molecular weight excluding hydrogens is 162 g/mol. The summed E-state index contributed by atoms with van der Waals surface area (Å²) in [6.45, 7) is 15.2. The third-order valence-corrected chi connectivity index (χ3v) is 2.59. The Balaban J connectivity index is 4.21. The molecular formula is C11H25NO. The molecule has 0 spiro atoms. The van der Waals surface area contributed by atoms with Crippen LogP contribution in [0.2, 0.25) is 0 Å². The van der Waals surface area contributed by atoms with Crippen molar-refractivity contribution >= 4 is 0 Å². The van der Waals surface area contributed by atoms with Gasteiger partial charge >= 0.3 is 0 Å². The Bertz CT molecular complexity index is 160. The van der Waals surface area contributed by atoms with Gasteiger partial charge in [-0.05, 0) is 33.1 Å². The number of nitrogens with one attached hydrogen (secondary N) is 1. The first kappa shape index (κ1) is 12.9. The maximum absolute atomic E-state index is 9.88. The molecule has 0 aromatic rings. The average Bonchev–Trinajstić information content (AvgIpc) is 1.79. The van der Waals surface area contributed by atoms with E-state index in [9.17, 15) is 5.11 Å². The first-order chi connectivity index (χ1) is 5.46. The van der Waals surface area contributed by atoms with Gasteiger partial charge in [-0.3, -0.25) is 0 Å². The molecule has 0 aliphatic heterocycles. The third-order valence-electron chi connectivity index (χ3n) is 2.59. The number of rotatable bonds is 3. The van der Waals surface area contributed by atoms with Gasteiger partial charge in [0.25, 0.3) is 0 Å². The predicted octanol–water partition coefficient (Wildman–Crippen LogP) is 2.17. The van der Waals surface area contributed by atoms with E-state index in [1.54, 1.807) is 0 Å². The molecule has 0 aliphatic rings. The standard InChI is InChI=1S/C11H25NO/c1-9(2,3)8-12-10(4,5)11(6,7)13/h12-13H,8H2,1-7H3. The summed E-state index contributed by atoms with van der Waals surface area (Å²) in [7, 11) is 0. The van der Waals surface area contributed by atoms with Gasteiger partial charge in [0.2, 0.25) is 0 Å². The highest BCUT2D eigenvalue weighted by molar-refractivity contribution is 4.94. The van der Waals surface area contributed by atoms with Crippen LogP contribution in [0.3, 0.4) is 0 Å². The quantitative estimate of drug-likeness (QED) is 0.709. The molecule has 2 nitrogen and oxygen atoms in total. The fourth-order valence-electron chi connectivity index (χ4n) is 0.702. The van der Waals surface area contributed by atoms with Crippen molar-refractivity contribution in [2.45, 2.75) is 59.6 Å². The van der Waals surface area contributed by atoms with Crippen molar-refractivity contribution in [2.24, 2.45) is 5.41 Å². The lowest BCUT2D eigenvalue weighted by Gasteiger charge is -2.40. The van der Waals surface area contributed by atoms with Crippen molar-refractivity contribution in [1.82, 2.24) is 5.32 Å². The van der Waals surface area contributed by atoms with E-state index in [4.69, 9.17) is 0 Å². The van der Waals surface area contributed by atoms with E-state index in [1.165, 1.54) is 0 Å². The molecule has 80 valence electrons. The van der Waals surface area contributed by atoms with Gasteiger partial charge in [0.05, 0.1) is 5.60 Å². The van der Waals surface area contributed by atoms with E-state index in [2.05, 4.69) is 26.1 Å². The summed E-state index contributed by atoms with van der Waals surface area (Å²) < 4.78 is 0. The lowest BCUT2D eigenvalue weighted by molar-refractivity contribution is -0.00782. The molecule has 0 aliphatic carbocycles. The fraction of sp³-hybridized carbons (Fsp3) is 1.00. The average molecular weight is 187 g/mol. The van der Waals surface area contributed by atoms with Crippen LogP contribution in [-0.2, 0) is 0 Å². The van der Waals surface area contributed by atoms with Gasteiger partial charge in [-0.25, -0.2) is 0 Å². The molecule has 0 bridgehead atoms. The maximum Gasteiger partial charge on any atom is 0.0767 e. The molecule has 2 N–H and O–H groups in total. The molecule has 0 amide bonds. The van der Waals surface area contributed by atoms with Crippen molar-refractivity contribution in [3.05, 3.63) is 0 Å². The Morgan fingerprint density at radius 2 is 1.31 bits per heavy atom. The third kappa shape index (κ3) is 4.63. The van der Waals surface area contributed by atoms with E-state index in [-0.39, 0.29) is 11.0 Å². The highest BCUT2D eigenvalue weighted by Gasteiger charge is 2.35. The van der Waals surface area contributed by atoms with Gasteiger partial charge in [0.1, 0.15) is 0 Å². The summed E-state index contributed by atoms with van der Waals surface area (Å²) in [6, 6.07) is 0. The molecule has 0 heterocycles. The largest absolute Gasteiger partial charge is 0.389 e. The fourth-order valence-corrected chi connectivity index (χ4v) is 0.702. The monoisotopic (exact) mass is 187 g/mol. The molecule has 0 aromatic heterocycles. The number of hydrogen-bond acceptors (Lipinski definition) is 2. The van der Waals surface area contributed by atoms with Crippen LogP contribution < -0.4 is 5.32 Å². The highest BCUT2D eigenvalue weighted by Crippen LogP contribution is 2.22. The van der Waals surface area contributed by atoms with Crippen LogP contribution in [0.5, 0.6) is 0 Å². The summed E-state index contributed by atoms with van der Waals surface area (Å²) in [5.41, 5.74) is -0.693. The van der Waals surface area contributed by atoms with Crippen LogP contribution in [0.25, 0.3) is 0 Å². The number of aliphatic hydroxyl groups is 1. The smallest absolute Gasteiger partial charge is 0.0767 e. The van der Waals surface area contributed by atoms with Crippen LogP contribution in [0.1, 0.15) is 48.5 Å². The van der Waals surface area contributed by atoms with Crippen molar-refractivity contribution in [1.29, 1.82) is 0 Å². The molecule has 0 unspecified atom stereocenters. The lowest BCUT2D eigenvalue weighted by Crippen LogP contribution is -2.57. The minimum atomic E-state index is -0.696. The molecule has 2 heteroatoms. The summed E-state index contributed by atoms with van der Waals surface area (Å²) in [5, 5.41) is 13.3. The molecule has 0 atom stereocenters. The van der Waals surface area contributed by atoms with E-state index in [0.29, 0.717) is 0 Å². The molecule has 0 saturated heterocycles. The minimum Gasteiger partial charge on any atom is -0.389 e. The lowest BCUT2D eigenvalue weighted by atomic mass is 9.84. The maximum atomic E-state index is 9.88. The highest BCUT2D eigenvalue weighted by atomic mass is 16.3. The van der Waals surface area contributed by atoms with Gasteiger partial charge < -0.3 is 10.4 Å². The zero-order valence-electron chi connectivity index (χ0n) is 10.2. The zero-order valence-corrected chi connectivity index (χ0v) is 10.2. The molecule has 0 aromatic carbocycles. The topological polar surface area (TPSA) is 32.3 Å². The normalized spacial score (nSPS) is 14.8. The van der Waals surface area contributed by atoms with Gasteiger partial charge in [0.15, 0.2) is 0 Å². The van der Waals surface area contributed by atoms with Gasteiger partial charge in [-0.15, -0.1) is 0 Å². The van der Waals surface area contributed by atoms with Gasteiger partial charge in [-0.2, -0.15) is 0 Å². The summed E-state index contributed by atoms with van der Waals surface area (Å²) in [5.74, 6) is 0. The number of hydrogen-bond donors (Lipinski definition) is 2. The summed E-state index contributed by atoms with van der Waals surface area (Å²) in [4.78, 5) is 0. The summed E-state index contributed by atoms with van der Waals surface area (Å²) >= 11 is 0. The second-order valence-corrected chi connectivity index (χ2v) is 6.10. The summed E-state index contributed by atoms with van der Waals surface area (Å²) in [6.07, 6.45) is 0. The Hall–Kier alpha value is -0.0800. The molecule has 13 heavy (non-hydrogen) atoms. The second-order valence-electron chi connectivity index (χ2n) is 6.10. The zero-order chi connectivity index (χ0) is 10.9. The Morgan fingerprint density at radius 1 is 0.923 bits per heavy atom. The van der Waals surface area contributed by atoms with Crippen LogP contribution >= 0.6 is 0 Å². The molecule has 0 saturated carbocycles. The Kier molecular flexibility index (Phi) is 3.56. The van der Waals surface area contributed by atoms with Crippen molar-refractivity contribution in [2.75, 3.05) is 6.54 Å². The first-order valence-corrected chi connectivity index (χ1v) is 4.93. The second kappa shape index (κ2) is 3.58. The van der Waals surface area contributed by atoms with Crippen LogP contribution in [0.15, 0.2) is 0 Å². The predicted molar refractivity (Wildman–Crippen MR) is 57.8 cm³/mol. The van der Waals surface area contributed by atoms with Crippen molar-refractivity contribution in [3.8, 4) is 0 Å². The van der Waals surface area contributed by atoms with Crippen LogP contribution in [0.4, 0.5) is 0 Å². The van der Waals surface area contributed by atoms with E-state index in [0.717, 1.165) is 6.54 Å². The van der Waals surface area contributed by atoms with Gasteiger partial charge in [0, 0.05) is 12.1 Å². The van der Waals surface area contributed by atoms with Crippen LogP contribution in [0, 0.1) is 5.41 Å². The Labute approximate surface area is 82.7 Å². The van der Waals surface area contributed by atoms with Gasteiger partial charge in [-0.1, -0.05) is 20.8 Å². The first-order valence-electron chi connectivity index (χ1n) is 4.93.